The predicted molar refractivity (Wildman–Crippen MR) is 83.9 cm³/mol. The zero-order valence-corrected chi connectivity index (χ0v) is 13.1. The van der Waals surface area contributed by atoms with E-state index in [1.807, 2.05) is 13.8 Å². The van der Waals surface area contributed by atoms with Gasteiger partial charge in [0.05, 0.1) is 24.1 Å². The number of carbonyl (C=O) groups excluding carboxylic acids is 2. The third kappa shape index (κ3) is 3.09. The lowest BCUT2D eigenvalue weighted by molar-refractivity contribution is -0.193. The molecule has 23 heavy (non-hydrogen) atoms. The summed E-state index contributed by atoms with van der Waals surface area (Å²) in [4.78, 5) is 27.7. The minimum Gasteiger partial charge on any atom is -0.348 e. The zero-order chi connectivity index (χ0) is 16.6. The molecular weight excluding hydrogens is 296 g/mol. The van der Waals surface area contributed by atoms with Crippen LogP contribution in [-0.4, -0.2) is 31.3 Å². The molecule has 0 spiro atoms. The summed E-state index contributed by atoms with van der Waals surface area (Å²) in [7, 11) is 0. The van der Waals surface area contributed by atoms with Gasteiger partial charge in [-0.15, -0.1) is 0 Å². The average molecular weight is 314 g/mol. The van der Waals surface area contributed by atoms with Gasteiger partial charge in [-0.25, -0.2) is 4.99 Å². The first-order valence-corrected chi connectivity index (χ1v) is 7.33. The smallest absolute Gasteiger partial charge is 0.279 e. The second-order valence-corrected chi connectivity index (χ2v) is 6.37. The summed E-state index contributed by atoms with van der Waals surface area (Å²) >= 11 is 0. The highest BCUT2D eigenvalue weighted by molar-refractivity contribution is 6.16. The van der Waals surface area contributed by atoms with Crippen LogP contribution in [0.1, 0.15) is 13.8 Å². The number of ether oxygens (including phenoxy) is 2. The van der Waals surface area contributed by atoms with Crippen molar-refractivity contribution in [1.82, 2.24) is 0 Å². The van der Waals surface area contributed by atoms with Crippen LogP contribution in [0.25, 0.3) is 5.57 Å². The van der Waals surface area contributed by atoms with Gasteiger partial charge in [0.25, 0.3) is 5.91 Å². The fraction of sp³-hybridized carbons (Fsp3) is 0.353. The Kier molecular flexibility index (Phi) is 3.87. The van der Waals surface area contributed by atoms with Gasteiger partial charge in [-0.2, -0.15) is 0 Å². The Morgan fingerprint density at radius 2 is 2.09 bits per heavy atom. The summed E-state index contributed by atoms with van der Waals surface area (Å²) in [6.07, 6.45) is 0.453. The van der Waals surface area contributed by atoms with Gasteiger partial charge in [0, 0.05) is 16.3 Å². The second kappa shape index (κ2) is 5.72. The first kappa shape index (κ1) is 15.6. The fourth-order valence-corrected chi connectivity index (χ4v) is 2.49. The lowest BCUT2D eigenvalue weighted by Crippen LogP contribution is -2.41. The molecule has 0 saturated carbocycles. The number of anilines is 1. The van der Waals surface area contributed by atoms with Crippen molar-refractivity contribution in [3.8, 4) is 0 Å². The van der Waals surface area contributed by atoms with Crippen molar-refractivity contribution in [2.24, 2.45) is 10.4 Å². The summed E-state index contributed by atoms with van der Waals surface area (Å²) in [6.45, 7) is 8.47. The van der Waals surface area contributed by atoms with Crippen LogP contribution in [0.4, 0.5) is 5.69 Å². The van der Waals surface area contributed by atoms with E-state index in [9.17, 15) is 9.59 Å². The average Bonchev–Trinajstić information content (AvgIpc) is 2.83. The topological polar surface area (TPSA) is 77.0 Å². The molecule has 120 valence electrons. The predicted octanol–water partition coefficient (Wildman–Crippen LogP) is 0.521. The molecule has 0 aliphatic carbocycles. The highest BCUT2D eigenvalue weighted by Crippen LogP contribution is 2.27. The minimum absolute atomic E-state index is 0.0849. The van der Waals surface area contributed by atoms with Crippen LogP contribution in [0, 0.1) is 5.41 Å². The normalized spacial score (nSPS) is 19.9. The summed E-state index contributed by atoms with van der Waals surface area (Å²) in [5.41, 5.74) is 0.857. The Balaban J connectivity index is 1.99. The molecule has 2 amide bonds. The lowest BCUT2D eigenvalue weighted by atomic mass is 9.95. The van der Waals surface area contributed by atoms with Gasteiger partial charge in [0.15, 0.2) is 6.29 Å². The molecule has 0 aromatic heterocycles. The van der Waals surface area contributed by atoms with Crippen molar-refractivity contribution in [1.29, 1.82) is 0 Å². The van der Waals surface area contributed by atoms with Crippen molar-refractivity contribution in [2.75, 3.05) is 18.5 Å². The molecule has 0 unspecified atom stereocenters. The lowest BCUT2D eigenvalue weighted by Gasteiger charge is -2.34. The third-order valence-corrected chi connectivity index (χ3v) is 3.68. The van der Waals surface area contributed by atoms with Crippen molar-refractivity contribution in [3.05, 3.63) is 41.4 Å². The van der Waals surface area contributed by atoms with Crippen molar-refractivity contribution in [3.63, 3.8) is 0 Å². The molecule has 6 nitrogen and oxygen atoms in total. The Morgan fingerprint density at radius 3 is 2.74 bits per heavy atom. The van der Waals surface area contributed by atoms with Gasteiger partial charge in [-0.3, -0.25) is 9.59 Å². The van der Waals surface area contributed by atoms with Crippen LogP contribution in [0.5, 0.6) is 0 Å². The number of hydrogen-bond donors (Lipinski definition) is 1. The van der Waals surface area contributed by atoms with Crippen LogP contribution in [-0.2, 0) is 19.1 Å². The zero-order valence-electron chi connectivity index (χ0n) is 13.1. The molecular formula is C17H18N2O4. The van der Waals surface area contributed by atoms with E-state index in [1.165, 1.54) is 6.08 Å². The van der Waals surface area contributed by atoms with Crippen LogP contribution in [0.3, 0.4) is 0 Å². The van der Waals surface area contributed by atoms with Crippen LogP contribution < -0.4 is 15.9 Å². The van der Waals surface area contributed by atoms with E-state index in [0.29, 0.717) is 35.1 Å². The Hall–Kier alpha value is -2.31. The Labute approximate surface area is 133 Å². The van der Waals surface area contributed by atoms with E-state index in [-0.39, 0.29) is 17.2 Å². The molecule has 1 aromatic rings. The minimum atomic E-state index is -0.731. The number of fused-ring (bicyclic) bond motifs is 1. The maximum absolute atomic E-state index is 12.2. The van der Waals surface area contributed by atoms with Crippen LogP contribution >= 0.6 is 0 Å². The maximum Gasteiger partial charge on any atom is 0.279 e. The van der Waals surface area contributed by atoms with Crippen molar-refractivity contribution < 1.29 is 19.1 Å². The molecule has 1 aromatic carbocycles. The SMILES string of the molecule is C=CC(=O)Nc1ccc2c(c1)=C(C1OCC(C)(C)CO1)C(=O)N=2. The molecule has 3 rings (SSSR count). The van der Waals surface area contributed by atoms with Gasteiger partial charge < -0.3 is 14.8 Å². The monoisotopic (exact) mass is 314 g/mol. The second-order valence-electron chi connectivity index (χ2n) is 6.37. The van der Waals surface area contributed by atoms with E-state index < -0.39 is 6.29 Å². The Bertz CT molecular complexity index is 800. The molecule has 1 N–H and O–H groups in total. The summed E-state index contributed by atoms with van der Waals surface area (Å²) < 4.78 is 11.4. The van der Waals surface area contributed by atoms with E-state index in [2.05, 4.69) is 16.9 Å². The molecule has 0 atom stereocenters. The number of rotatable bonds is 3. The van der Waals surface area contributed by atoms with Gasteiger partial charge in [0.2, 0.25) is 5.91 Å². The molecule has 0 bridgehead atoms. The van der Waals surface area contributed by atoms with Crippen LogP contribution in [0.15, 0.2) is 35.8 Å². The number of hydrogen-bond acceptors (Lipinski definition) is 4. The fourth-order valence-electron chi connectivity index (χ4n) is 2.49. The summed E-state index contributed by atoms with van der Waals surface area (Å²) in [6, 6.07) is 5.07. The van der Waals surface area contributed by atoms with E-state index in [1.54, 1.807) is 18.2 Å². The molecule has 6 heteroatoms. The first-order valence-electron chi connectivity index (χ1n) is 7.33. The first-order chi connectivity index (χ1) is 10.9. The van der Waals surface area contributed by atoms with E-state index in [0.717, 1.165) is 0 Å². The number of benzene rings is 1. The molecule has 2 heterocycles. The molecule has 2 aliphatic rings. The van der Waals surface area contributed by atoms with E-state index >= 15 is 0 Å². The maximum atomic E-state index is 12.2. The number of nitrogens with zero attached hydrogens (tertiary/aromatic N) is 1. The third-order valence-electron chi connectivity index (χ3n) is 3.68. The molecule has 2 aliphatic heterocycles. The highest BCUT2D eigenvalue weighted by Gasteiger charge is 2.34. The largest absolute Gasteiger partial charge is 0.348 e. The molecule has 1 saturated heterocycles. The van der Waals surface area contributed by atoms with Gasteiger partial charge in [0.1, 0.15) is 0 Å². The number of nitrogens with one attached hydrogen (secondary N) is 1. The Morgan fingerprint density at radius 1 is 1.39 bits per heavy atom. The highest BCUT2D eigenvalue weighted by atomic mass is 16.7. The van der Waals surface area contributed by atoms with Crippen molar-refractivity contribution >= 4 is 23.1 Å². The number of carbonyl (C=O) groups is 2. The standard InChI is InChI=1S/C17H18N2O4/c1-4-13(20)18-10-5-6-12-11(7-10)14(15(21)19-12)16-22-8-17(2,3)9-23-16/h4-7,16H,1,8-9H2,2-3H3,(H,18,20). The van der Waals surface area contributed by atoms with Gasteiger partial charge in [-0.05, 0) is 24.3 Å². The van der Waals surface area contributed by atoms with Gasteiger partial charge >= 0.3 is 0 Å². The van der Waals surface area contributed by atoms with E-state index in [4.69, 9.17) is 9.47 Å². The van der Waals surface area contributed by atoms with Gasteiger partial charge in [-0.1, -0.05) is 20.4 Å². The van der Waals surface area contributed by atoms with Crippen LogP contribution in [0.2, 0.25) is 0 Å². The summed E-state index contributed by atoms with van der Waals surface area (Å²) in [5, 5.41) is 3.85. The summed E-state index contributed by atoms with van der Waals surface area (Å²) in [5.74, 6) is -0.684. The molecule has 1 fully saturated rings. The van der Waals surface area contributed by atoms with Crippen molar-refractivity contribution in [2.45, 2.75) is 20.1 Å². The quantitative estimate of drug-likeness (QED) is 0.825. The number of amides is 2. The molecule has 0 radical (unpaired) electrons.